The first-order chi connectivity index (χ1) is 10.5. The fourth-order valence-corrected chi connectivity index (χ4v) is 2.36. The van der Waals surface area contributed by atoms with Gasteiger partial charge in [0.2, 0.25) is 5.78 Å². The van der Waals surface area contributed by atoms with Crippen LogP contribution >= 0.6 is 23.2 Å². The second-order valence-electron chi connectivity index (χ2n) is 4.53. The Hall–Kier alpha value is -2.30. The minimum atomic E-state index is -0.258. The number of hydrogen-bond acceptors (Lipinski definition) is 3. The maximum Gasteiger partial charge on any atom is 0.423 e. The van der Waals surface area contributed by atoms with Crippen LogP contribution in [0.5, 0.6) is 0 Å². The molecule has 6 heteroatoms. The van der Waals surface area contributed by atoms with E-state index in [4.69, 9.17) is 32.4 Å². The van der Waals surface area contributed by atoms with Crippen LogP contribution in [0.1, 0.15) is 5.56 Å². The van der Waals surface area contributed by atoms with Crippen molar-refractivity contribution in [3.8, 4) is 0 Å². The molecule has 0 unspecified atom stereocenters. The highest BCUT2D eigenvalue weighted by atomic mass is 35.5. The van der Waals surface area contributed by atoms with Crippen LogP contribution < -0.4 is 0 Å². The van der Waals surface area contributed by atoms with Gasteiger partial charge in [-0.15, -0.1) is 0 Å². The highest BCUT2D eigenvalue weighted by Crippen LogP contribution is 2.33. The first kappa shape index (κ1) is 14.6. The molecule has 1 N–H and O–H groups in total. The molecule has 0 radical (unpaired) electrons. The Morgan fingerprint density at radius 2 is 2.09 bits per heavy atom. The van der Waals surface area contributed by atoms with Crippen LogP contribution in [0.25, 0.3) is 6.08 Å². The van der Waals surface area contributed by atoms with Crippen LogP contribution in [-0.2, 0) is 9.53 Å². The smallest absolute Gasteiger partial charge is 0.423 e. The van der Waals surface area contributed by atoms with Crippen molar-refractivity contribution in [2.45, 2.75) is 0 Å². The average Bonchev–Trinajstić information content (AvgIpc) is 2.50. The molecule has 0 aromatic carbocycles. The van der Waals surface area contributed by atoms with Crippen molar-refractivity contribution >= 4 is 35.1 Å². The number of carbonyl (C=O) groups is 1. The van der Waals surface area contributed by atoms with E-state index in [-0.39, 0.29) is 33.1 Å². The number of Topliss-reactive ketones (excluding diaryl/α,β-unsaturated/α-hetero) is 1. The standard InChI is InChI=1S/C16H8Cl2O4/c17-13-7-9(1-3-21-13)5-11-15(19)12(16(11)20)6-10-2-4-22-14(18)8-10/h1-8H/p+1. The van der Waals surface area contributed by atoms with Gasteiger partial charge in [0.25, 0.3) is 0 Å². The van der Waals surface area contributed by atoms with E-state index in [1.807, 2.05) is 0 Å². The summed E-state index contributed by atoms with van der Waals surface area (Å²) >= 11 is 11.5. The zero-order valence-corrected chi connectivity index (χ0v) is 12.6. The first-order valence-electron chi connectivity index (χ1n) is 6.24. The maximum absolute atomic E-state index is 12.1. The van der Waals surface area contributed by atoms with E-state index in [0.717, 1.165) is 0 Å². The van der Waals surface area contributed by atoms with Crippen LogP contribution in [0.3, 0.4) is 0 Å². The minimum absolute atomic E-state index is 0.0705. The zero-order valence-electron chi connectivity index (χ0n) is 11.0. The molecule has 0 fully saturated rings. The normalized spacial score (nSPS) is 21.0. The molecule has 0 atom stereocenters. The molecule has 110 valence electrons. The first-order valence-corrected chi connectivity index (χ1v) is 6.99. The fourth-order valence-electron chi connectivity index (χ4n) is 2.00. The molecule has 3 rings (SSSR count). The Morgan fingerprint density at radius 1 is 1.27 bits per heavy atom. The van der Waals surface area contributed by atoms with Crippen LogP contribution in [0.2, 0.25) is 5.22 Å². The molecule has 4 nitrogen and oxygen atoms in total. The molecule has 0 amide bonds. The lowest BCUT2D eigenvalue weighted by molar-refractivity contribution is -0.113. The zero-order chi connectivity index (χ0) is 15.7. The fraction of sp³-hybridized carbons (Fsp3) is 0. The summed E-state index contributed by atoms with van der Waals surface area (Å²) in [6, 6.07) is 3.19. The molecule has 1 aromatic heterocycles. The summed E-state index contributed by atoms with van der Waals surface area (Å²) in [7, 11) is 0. The van der Waals surface area contributed by atoms with E-state index in [2.05, 4.69) is 0 Å². The Morgan fingerprint density at radius 3 is 2.77 bits per heavy atom. The third-order valence-corrected chi connectivity index (χ3v) is 3.46. The van der Waals surface area contributed by atoms with Crippen LogP contribution in [0, 0.1) is 0 Å². The van der Waals surface area contributed by atoms with Gasteiger partial charge in [-0.3, -0.25) is 4.79 Å². The summed E-state index contributed by atoms with van der Waals surface area (Å²) in [4.78, 5) is 12.1. The number of carbonyl (C=O) groups excluding carboxylic acids is 1. The molecule has 1 aliphatic heterocycles. The molecule has 0 saturated carbocycles. The highest BCUT2D eigenvalue weighted by molar-refractivity contribution is 6.29. The number of aliphatic hydroxyl groups is 1. The molecule has 2 aliphatic rings. The number of allylic oxidation sites excluding steroid dienone is 6. The predicted octanol–water partition coefficient (Wildman–Crippen LogP) is 4.54. The number of aliphatic hydroxyl groups excluding tert-OH is 1. The maximum atomic E-state index is 12.1. The van der Waals surface area contributed by atoms with E-state index in [9.17, 15) is 9.90 Å². The van der Waals surface area contributed by atoms with Crippen LogP contribution in [0.15, 0.2) is 75.0 Å². The van der Waals surface area contributed by atoms with Gasteiger partial charge in [0, 0.05) is 23.7 Å². The van der Waals surface area contributed by atoms with E-state index in [1.54, 1.807) is 36.4 Å². The summed E-state index contributed by atoms with van der Waals surface area (Å²) in [5, 5.41) is 10.4. The van der Waals surface area contributed by atoms with Crippen LogP contribution in [-0.4, -0.2) is 10.9 Å². The monoisotopic (exact) mass is 335 g/mol. The van der Waals surface area contributed by atoms with E-state index >= 15 is 0 Å². The summed E-state index contributed by atoms with van der Waals surface area (Å²) in [6.45, 7) is 0. The number of ketones is 1. The second-order valence-corrected chi connectivity index (χ2v) is 5.28. The molecule has 0 spiro atoms. The quantitative estimate of drug-likeness (QED) is 0.636. The summed E-state index contributed by atoms with van der Waals surface area (Å²) in [5.74, 6) is -0.329. The van der Waals surface area contributed by atoms with Gasteiger partial charge < -0.3 is 9.84 Å². The van der Waals surface area contributed by atoms with Crippen molar-refractivity contribution < 1.29 is 19.1 Å². The number of ether oxygens (including phenoxy) is 1. The van der Waals surface area contributed by atoms with Gasteiger partial charge in [0.1, 0.15) is 5.76 Å². The van der Waals surface area contributed by atoms with Gasteiger partial charge in [-0.25, -0.2) is 4.42 Å². The Kier molecular flexibility index (Phi) is 3.88. The predicted molar refractivity (Wildman–Crippen MR) is 83.0 cm³/mol. The number of rotatable bonds is 2. The number of halogens is 2. The molecule has 0 saturated heterocycles. The average molecular weight is 336 g/mol. The van der Waals surface area contributed by atoms with Crippen LogP contribution in [0.4, 0.5) is 0 Å². The van der Waals surface area contributed by atoms with Crippen molar-refractivity contribution in [1.82, 2.24) is 0 Å². The Labute approximate surface area is 135 Å². The van der Waals surface area contributed by atoms with Gasteiger partial charge >= 0.3 is 11.5 Å². The summed E-state index contributed by atoms with van der Waals surface area (Å²) in [5.41, 5.74) is 1.76. The highest BCUT2D eigenvalue weighted by Gasteiger charge is 2.32. The molecular formula is C16H9Cl2O4+. The molecule has 2 heterocycles. The van der Waals surface area contributed by atoms with Gasteiger partial charge in [0.15, 0.2) is 5.22 Å². The van der Waals surface area contributed by atoms with Gasteiger partial charge in [-0.05, 0) is 41.0 Å². The van der Waals surface area contributed by atoms with Crippen molar-refractivity contribution in [3.05, 3.63) is 81.4 Å². The van der Waals surface area contributed by atoms with Crippen molar-refractivity contribution in [3.63, 3.8) is 0 Å². The van der Waals surface area contributed by atoms with E-state index < -0.39 is 0 Å². The Balaban J connectivity index is 1.91. The van der Waals surface area contributed by atoms with E-state index in [1.165, 1.54) is 12.5 Å². The molecule has 1 aromatic rings. The third-order valence-electron chi connectivity index (χ3n) is 3.06. The molecule has 1 aliphatic carbocycles. The summed E-state index contributed by atoms with van der Waals surface area (Å²) < 4.78 is 9.83. The lowest BCUT2D eigenvalue weighted by atomic mass is 9.85. The van der Waals surface area contributed by atoms with E-state index in [0.29, 0.717) is 11.1 Å². The summed E-state index contributed by atoms with van der Waals surface area (Å²) in [6.07, 6.45) is 9.09. The lowest BCUT2D eigenvalue weighted by Crippen LogP contribution is -2.21. The molecule has 22 heavy (non-hydrogen) atoms. The van der Waals surface area contributed by atoms with Crippen molar-refractivity contribution in [2.24, 2.45) is 0 Å². The second kappa shape index (κ2) is 5.83. The molecular weight excluding hydrogens is 327 g/mol. The SMILES string of the molecule is O=C1C(=Cc2cc[o+]c(Cl)c2)C(O)=C1C=C1C=COC(Cl)=C1. The lowest BCUT2D eigenvalue weighted by Gasteiger charge is -2.19. The topological polar surface area (TPSA) is 57.8 Å². The van der Waals surface area contributed by atoms with Crippen molar-refractivity contribution in [2.75, 3.05) is 0 Å². The van der Waals surface area contributed by atoms with Crippen molar-refractivity contribution in [1.29, 1.82) is 0 Å². The minimum Gasteiger partial charge on any atom is -0.506 e. The van der Waals surface area contributed by atoms with Gasteiger partial charge in [-0.2, -0.15) is 0 Å². The largest absolute Gasteiger partial charge is 0.506 e. The third kappa shape index (κ3) is 2.84. The molecule has 0 bridgehead atoms. The number of hydrogen-bond donors (Lipinski definition) is 1. The Bertz CT molecular complexity index is 813. The van der Waals surface area contributed by atoms with Gasteiger partial charge in [-0.1, -0.05) is 0 Å². The van der Waals surface area contributed by atoms with Gasteiger partial charge in [0.05, 0.1) is 23.5 Å².